The van der Waals surface area contributed by atoms with Gasteiger partial charge in [0.1, 0.15) is 29.9 Å². The van der Waals surface area contributed by atoms with Crippen LogP contribution in [0.3, 0.4) is 0 Å². The Kier molecular flexibility index (Phi) is 13.5. The van der Waals surface area contributed by atoms with Crippen LogP contribution in [0.4, 0.5) is 15.9 Å². The molecule has 11 nitrogen and oxygen atoms in total. The van der Waals surface area contributed by atoms with Crippen LogP contribution < -0.4 is 15.5 Å². The lowest BCUT2D eigenvalue weighted by Crippen LogP contribution is -2.55. The number of hydrogen-bond donors (Lipinski definition) is 4. The summed E-state index contributed by atoms with van der Waals surface area (Å²) < 4.78 is 25.0. The minimum atomic E-state index is -1.09. The smallest absolute Gasteiger partial charge is 0.326 e. The monoisotopic (exact) mass is 766 g/mol. The fourth-order valence-corrected chi connectivity index (χ4v) is 7.32. The fraction of sp³-hybridized carbons (Fsp3) is 0.409. The molecule has 4 unspecified atom stereocenters. The third kappa shape index (κ3) is 10.2. The van der Waals surface area contributed by atoms with Gasteiger partial charge in [-0.05, 0) is 103 Å². The molecular formula is C44H51FN4O7. The van der Waals surface area contributed by atoms with E-state index in [2.05, 4.69) is 27.8 Å². The molecule has 2 fully saturated rings. The van der Waals surface area contributed by atoms with Crippen LogP contribution in [0.1, 0.15) is 73.9 Å². The molecule has 296 valence electrons. The van der Waals surface area contributed by atoms with Crippen LogP contribution in [0.2, 0.25) is 0 Å². The number of carbonyl (C=O) groups is 3. The van der Waals surface area contributed by atoms with Gasteiger partial charge in [-0.2, -0.15) is 0 Å². The Balaban J connectivity index is 1.09. The van der Waals surface area contributed by atoms with Crippen molar-refractivity contribution in [3.05, 3.63) is 125 Å². The summed E-state index contributed by atoms with van der Waals surface area (Å²) in [5, 5.41) is 26.2. The number of nitrogens with one attached hydrogen (secondary N) is 2. The zero-order valence-electron chi connectivity index (χ0n) is 31.9. The summed E-state index contributed by atoms with van der Waals surface area (Å²) in [6.45, 7) is 4.69. The number of aliphatic hydroxyl groups excluding tert-OH is 1. The summed E-state index contributed by atoms with van der Waals surface area (Å²) in [6, 6.07) is 26.6. The molecule has 0 bridgehead atoms. The number of anilines is 2. The number of carboxylic acid groups (broad SMARTS) is 1. The first-order chi connectivity index (χ1) is 27.0. The van der Waals surface area contributed by atoms with Crippen molar-refractivity contribution in [2.45, 2.75) is 76.2 Å². The number of pyridine rings is 1. The Bertz CT molecular complexity index is 1900. The zero-order chi connectivity index (χ0) is 39.7. The van der Waals surface area contributed by atoms with Gasteiger partial charge in [0.15, 0.2) is 0 Å². The molecule has 6 rings (SSSR count). The second-order valence-electron chi connectivity index (χ2n) is 15.1. The topological polar surface area (TPSA) is 150 Å². The maximum atomic E-state index is 13.8. The van der Waals surface area contributed by atoms with E-state index in [4.69, 9.17) is 9.47 Å². The van der Waals surface area contributed by atoms with Gasteiger partial charge in [-0.3, -0.25) is 9.59 Å². The Morgan fingerprint density at radius 3 is 2.30 bits per heavy atom. The van der Waals surface area contributed by atoms with E-state index < -0.39 is 29.6 Å². The molecule has 2 aliphatic heterocycles. The Hall–Kier alpha value is -5.17. The quantitative estimate of drug-likeness (QED) is 0.0590. The van der Waals surface area contributed by atoms with Gasteiger partial charge in [0.05, 0.1) is 31.3 Å². The van der Waals surface area contributed by atoms with Crippen LogP contribution in [-0.2, 0) is 36.7 Å². The van der Waals surface area contributed by atoms with Crippen molar-refractivity contribution in [3.63, 3.8) is 0 Å². The van der Waals surface area contributed by atoms with E-state index in [9.17, 15) is 29.0 Å². The van der Waals surface area contributed by atoms with Crippen LogP contribution in [0.15, 0.2) is 97.2 Å². The van der Waals surface area contributed by atoms with Crippen LogP contribution in [-0.4, -0.2) is 71.0 Å². The number of hydrogen-bond acceptors (Lipinski definition) is 8. The fourth-order valence-electron chi connectivity index (χ4n) is 7.32. The average molecular weight is 767 g/mol. The van der Waals surface area contributed by atoms with Crippen molar-refractivity contribution >= 4 is 29.3 Å². The number of aryl methyl sites for hydroxylation is 2. The maximum absolute atomic E-state index is 13.8. The number of aliphatic hydroxyl groups is 1. The number of halogens is 1. The van der Waals surface area contributed by atoms with Crippen molar-refractivity contribution in [1.29, 1.82) is 0 Å². The lowest BCUT2D eigenvalue weighted by Gasteiger charge is -2.48. The van der Waals surface area contributed by atoms with Crippen molar-refractivity contribution in [2.24, 2.45) is 11.8 Å². The average Bonchev–Trinajstić information content (AvgIpc) is 3.18. The molecular weight excluding hydrogens is 716 g/mol. The standard InChI is InChI=1S/C44H51FN4O7/c1-29(2)40(43(53)54)48-39(51)26-56-44(27-55-28-44)23-22-31-8-12-33(13-9-31)41-36(20-21-37(50)32-14-16-34(45)17-15-32)42(52)49(41)35-18-10-30(11-19-35)6-5-25-47-38-7-3-4-24-46-38/h3-4,7-19,24,29,36-37,40-41,50H,5-6,20-23,25-28H2,1-2H3,(H,46,47)(H,48,51)(H,53,54). The number of rotatable bonds is 20. The highest BCUT2D eigenvalue weighted by atomic mass is 19.1. The number of aliphatic carboxylic acids is 1. The third-order valence-electron chi connectivity index (χ3n) is 10.7. The number of aromatic nitrogens is 1. The number of benzene rings is 3. The first-order valence-electron chi connectivity index (χ1n) is 19.3. The van der Waals surface area contributed by atoms with E-state index in [-0.39, 0.29) is 36.2 Å². The highest BCUT2D eigenvalue weighted by Crippen LogP contribution is 2.46. The molecule has 2 aliphatic rings. The number of ether oxygens (including phenoxy) is 2. The summed E-state index contributed by atoms with van der Waals surface area (Å²) in [5.41, 5.74) is 3.99. The Labute approximate surface area is 327 Å². The summed E-state index contributed by atoms with van der Waals surface area (Å²) >= 11 is 0. The SMILES string of the molecule is CC(C)C(NC(=O)COC1(CCc2ccc(C3C(CCC(O)c4ccc(F)cc4)C(=O)N3c3ccc(CCCNc4ccccn4)cc3)cc2)COC1)C(=O)O. The third-order valence-corrected chi connectivity index (χ3v) is 10.7. The summed E-state index contributed by atoms with van der Waals surface area (Å²) in [7, 11) is 0. The number of amides is 2. The Morgan fingerprint density at radius 1 is 0.982 bits per heavy atom. The molecule has 2 amide bonds. The molecule has 0 spiro atoms. The van der Waals surface area contributed by atoms with Crippen molar-refractivity contribution in [3.8, 4) is 0 Å². The summed E-state index contributed by atoms with van der Waals surface area (Å²) in [5.74, 6) is -1.71. The van der Waals surface area contributed by atoms with E-state index in [0.717, 1.165) is 42.0 Å². The van der Waals surface area contributed by atoms with E-state index in [0.29, 0.717) is 44.5 Å². The normalized spacial score (nSPS) is 18.4. The molecule has 1 aromatic heterocycles. The molecule has 4 N–H and O–H groups in total. The molecule has 4 atom stereocenters. The van der Waals surface area contributed by atoms with Gasteiger partial charge in [0.25, 0.3) is 0 Å². The van der Waals surface area contributed by atoms with E-state index in [1.165, 1.54) is 17.7 Å². The number of carbonyl (C=O) groups excluding carboxylic acids is 2. The molecule has 0 saturated carbocycles. The largest absolute Gasteiger partial charge is 0.480 e. The van der Waals surface area contributed by atoms with Gasteiger partial charge < -0.3 is 35.2 Å². The lowest BCUT2D eigenvalue weighted by molar-refractivity contribution is -0.212. The highest BCUT2D eigenvalue weighted by molar-refractivity contribution is 6.03. The van der Waals surface area contributed by atoms with Crippen LogP contribution >= 0.6 is 0 Å². The van der Waals surface area contributed by atoms with Gasteiger partial charge >= 0.3 is 5.97 Å². The lowest BCUT2D eigenvalue weighted by atomic mass is 9.78. The molecule has 4 aromatic rings. The number of carboxylic acids is 1. The van der Waals surface area contributed by atoms with Crippen LogP contribution in [0.5, 0.6) is 0 Å². The number of nitrogens with zero attached hydrogens (tertiary/aromatic N) is 2. The first kappa shape index (κ1) is 40.5. The Morgan fingerprint density at radius 2 is 1.68 bits per heavy atom. The molecule has 0 aliphatic carbocycles. The predicted octanol–water partition coefficient (Wildman–Crippen LogP) is 6.43. The van der Waals surface area contributed by atoms with Gasteiger partial charge in [-0.15, -0.1) is 0 Å². The van der Waals surface area contributed by atoms with Gasteiger partial charge in [0, 0.05) is 18.4 Å². The zero-order valence-corrected chi connectivity index (χ0v) is 31.9. The summed E-state index contributed by atoms with van der Waals surface area (Å²) in [6.07, 6.45) is 4.81. The van der Waals surface area contributed by atoms with Gasteiger partial charge in [0.2, 0.25) is 11.8 Å². The van der Waals surface area contributed by atoms with Gasteiger partial charge in [-0.25, -0.2) is 14.2 Å². The highest BCUT2D eigenvalue weighted by Gasteiger charge is 2.48. The second-order valence-corrected chi connectivity index (χ2v) is 15.1. The summed E-state index contributed by atoms with van der Waals surface area (Å²) in [4.78, 5) is 44.0. The van der Waals surface area contributed by atoms with Crippen molar-refractivity contribution < 1.29 is 38.5 Å². The minimum absolute atomic E-state index is 0.00567. The molecule has 3 heterocycles. The first-order valence-corrected chi connectivity index (χ1v) is 19.3. The minimum Gasteiger partial charge on any atom is -0.480 e. The molecule has 3 aromatic carbocycles. The molecule has 12 heteroatoms. The second kappa shape index (κ2) is 18.6. The maximum Gasteiger partial charge on any atom is 0.326 e. The van der Waals surface area contributed by atoms with E-state index >= 15 is 0 Å². The van der Waals surface area contributed by atoms with Crippen molar-refractivity contribution in [1.82, 2.24) is 10.3 Å². The molecule has 56 heavy (non-hydrogen) atoms. The van der Waals surface area contributed by atoms with Crippen LogP contribution in [0.25, 0.3) is 0 Å². The van der Waals surface area contributed by atoms with E-state index in [1.807, 2.05) is 59.5 Å². The molecule has 2 saturated heterocycles. The number of β-lactam (4-membered cyclic amide) rings is 1. The molecule has 0 radical (unpaired) electrons. The van der Waals surface area contributed by atoms with Crippen molar-refractivity contribution in [2.75, 3.05) is 36.6 Å². The predicted molar refractivity (Wildman–Crippen MR) is 210 cm³/mol. The van der Waals surface area contributed by atoms with Crippen LogP contribution in [0, 0.1) is 17.7 Å². The van der Waals surface area contributed by atoms with Gasteiger partial charge in [-0.1, -0.05) is 68.4 Å². The van der Waals surface area contributed by atoms with E-state index in [1.54, 1.807) is 32.2 Å².